The standard InChI is InChI=1S/C56H82N8O16S/c1-12-31(6)45(40(76-10)25-42(66)64-22-16-19-38(64)49(77-11)32(7)51(70)59-37(54(73)74)23-33-17-14-13-15-18-33)62(8)53(72)43(29(2)3)60-52(71)44(30(4)5)63(9)56(75)78-28-34-20-21-39(36-24-35(26-58-61-57)81-50(34)36)79-55-48(69)47(68)46(67)41(27-65)80-55/h13-15,17-18,20-21,24,29-32,37-38,40-41,43-49,55,65,67-69H,12,16,19,22-23,25-28H2,1-11H3,(H,59,70)(H,60,71)(H,73,74)/t31?,32-,37?,38+,40-,41-,43+,44+,45+,46+,47+,48-,49-,55-/m1/s1. The molecule has 0 radical (unpaired) electrons. The number of amides is 5. The molecule has 7 N–H and O–H groups in total. The number of azide groups is 1. The van der Waals surface area contributed by atoms with Crippen LogP contribution in [0.25, 0.3) is 20.5 Å². The number of fused-ring (bicyclic) bond motifs is 1. The summed E-state index contributed by atoms with van der Waals surface area (Å²) in [6, 6.07) is 9.19. The molecule has 25 heteroatoms. The van der Waals surface area contributed by atoms with Crippen molar-refractivity contribution < 1.29 is 78.0 Å². The first-order chi connectivity index (χ1) is 38.4. The van der Waals surface area contributed by atoms with E-state index in [9.17, 15) is 54.3 Å². The number of aliphatic hydroxyl groups is 4. The summed E-state index contributed by atoms with van der Waals surface area (Å²) in [4.78, 5) is 91.3. The third-order valence-corrected chi connectivity index (χ3v) is 16.7. The van der Waals surface area contributed by atoms with E-state index < -0.39 is 127 Å². The van der Waals surface area contributed by atoms with Crippen LogP contribution < -0.4 is 15.4 Å². The van der Waals surface area contributed by atoms with Crippen LogP contribution in [0.3, 0.4) is 0 Å². The van der Waals surface area contributed by atoms with Crippen LogP contribution in [0.1, 0.15) is 90.2 Å². The van der Waals surface area contributed by atoms with Gasteiger partial charge in [0.05, 0.1) is 49.8 Å². The van der Waals surface area contributed by atoms with Gasteiger partial charge in [-0.05, 0) is 53.8 Å². The highest BCUT2D eigenvalue weighted by Crippen LogP contribution is 2.38. The molecule has 5 rings (SSSR count). The molecule has 2 saturated heterocycles. The Morgan fingerprint density at radius 3 is 2.20 bits per heavy atom. The molecule has 3 aromatic rings. The first kappa shape index (κ1) is 65.7. The van der Waals surface area contributed by atoms with Crippen molar-refractivity contribution in [1.29, 1.82) is 0 Å². The molecule has 2 fully saturated rings. The minimum Gasteiger partial charge on any atom is -0.480 e. The molecule has 0 aliphatic carbocycles. The molecule has 2 aliphatic heterocycles. The summed E-state index contributed by atoms with van der Waals surface area (Å²) in [7, 11) is 5.95. The number of carbonyl (C=O) groups is 6. The minimum atomic E-state index is -1.69. The third-order valence-electron chi connectivity index (χ3n) is 15.5. The fourth-order valence-corrected chi connectivity index (χ4v) is 11.9. The van der Waals surface area contributed by atoms with Crippen molar-refractivity contribution >= 4 is 57.1 Å². The summed E-state index contributed by atoms with van der Waals surface area (Å²) in [5, 5.41) is 60.7. The van der Waals surface area contributed by atoms with Gasteiger partial charge in [0.25, 0.3) is 0 Å². The Balaban J connectivity index is 1.28. The van der Waals surface area contributed by atoms with E-state index in [0.717, 1.165) is 10.5 Å². The van der Waals surface area contributed by atoms with Crippen LogP contribution >= 0.6 is 11.3 Å². The van der Waals surface area contributed by atoms with E-state index in [1.54, 1.807) is 83.0 Å². The predicted octanol–water partition coefficient (Wildman–Crippen LogP) is 4.36. The molecule has 2 aromatic carbocycles. The maximum atomic E-state index is 14.8. The SMILES string of the molecule is CCC(C)[C@@H]([C@@H](CC(=O)N1CCC[C@H]1[C@H](OC)[C@@H](C)C(=O)NC(Cc1ccccc1)C(=O)O)OC)N(C)C(=O)[C@@H](NC(=O)[C@H](C(C)C)N(C)C(=O)OCc1ccc(O[C@@H]2O[C@H](CO)[C@H](O)[C@H](O)[C@H]2O)c2cc(CN=[N+]=[N-])sc12)C(C)C. The number of hydrogen-bond donors (Lipinski definition) is 7. The highest BCUT2D eigenvalue weighted by Gasteiger charge is 2.46. The van der Waals surface area contributed by atoms with Crippen LogP contribution in [-0.2, 0) is 62.5 Å². The largest absolute Gasteiger partial charge is 0.480 e. The molecule has 2 unspecified atom stereocenters. The number of aliphatic carboxylic acids is 1. The highest BCUT2D eigenvalue weighted by molar-refractivity contribution is 7.19. The fourth-order valence-electron chi connectivity index (χ4n) is 10.8. The Morgan fingerprint density at radius 1 is 0.914 bits per heavy atom. The van der Waals surface area contributed by atoms with Gasteiger partial charge in [-0.25, -0.2) is 9.59 Å². The minimum absolute atomic E-state index is 0.0291. The van der Waals surface area contributed by atoms with Crippen LogP contribution in [-0.4, -0.2) is 191 Å². The fraction of sp³-hybridized carbons (Fsp3) is 0.643. The molecule has 24 nitrogen and oxygen atoms in total. The second-order valence-electron chi connectivity index (χ2n) is 21.6. The lowest BCUT2D eigenvalue weighted by molar-refractivity contribution is -0.277. The van der Waals surface area contributed by atoms with Gasteiger partial charge in [-0.15, -0.1) is 11.3 Å². The number of rotatable bonds is 28. The van der Waals surface area contributed by atoms with Crippen molar-refractivity contribution in [3.05, 3.63) is 75.0 Å². The molecule has 2 aliphatic rings. The Labute approximate surface area is 476 Å². The van der Waals surface area contributed by atoms with Gasteiger partial charge in [0.2, 0.25) is 29.9 Å². The second kappa shape index (κ2) is 30.2. The average Bonchev–Trinajstić information content (AvgIpc) is 4.17. The second-order valence-corrected chi connectivity index (χ2v) is 22.8. The first-order valence-corrected chi connectivity index (χ1v) is 28.2. The number of hydrogen-bond acceptors (Lipinski definition) is 17. The van der Waals surface area contributed by atoms with Gasteiger partial charge in [-0.2, -0.15) is 0 Å². The topological polar surface area (TPSA) is 332 Å². The van der Waals surface area contributed by atoms with E-state index in [2.05, 4.69) is 20.7 Å². The van der Waals surface area contributed by atoms with Gasteiger partial charge in [-0.1, -0.05) is 96.4 Å². The van der Waals surface area contributed by atoms with E-state index in [4.69, 9.17) is 29.2 Å². The van der Waals surface area contributed by atoms with E-state index in [0.29, 0.717) is 46.3 Å². The zero-order valence-electron chi connectivity index (χ0n) is 48.0. The summed E-state index contributed by atoms with van der Waals surface area (Å²) in [5.41, 5.74) is 10.3. The number of nitrogens with one attached hydrogen (secondary N) is 2. The molecule has 448 valence electrons. The molecular weight excluding hydrogens is 1070 g/mol. The Hall–Kier alpha value is -6.15. The maximum absolute atomic E-state index is 14.8. The predicted molar refractivity (Wildman–Crippen MR) is 298 cm³/mol. The zero-order chi connectivity index (χ0) is 60.0. The van der Waals surface area contributed by atoms with E-state index in [-0.39, 0.29) is 43.6 Å². The average molecular weight is 1160 g/mol. The Bertz CT molecular complexity index is 2650. The number of methoxy groups -OCH3 is 2. The van der Waals surface area contributed by atoms with Crippen LogP contribution in [0.5, 0.6) is 5.75 Å². The molecule has 81 heavy (non-hydrogen) atoms. The summed E-state index contributed by atoms with van der Waals surface area (Å²) in [5.74, 6) is -4.85. The van der Waals surface area contributed by atoms with E-state index in [1.165, 1.54) is 43.6 Å². The zero-order valence-corrected chi connectivity index (χ0v) is 48.9. The molecule has 3 heterocycles. The number of ether oxygens (including phenoxy) is 5. The quantitative estimate of drug-likeness (QED) is 0.0302. The van der Waals surface area contributed by atoms with Crippen LogP contribution in [0.4, 0.5) is 4.79 Å². The summed E-state index contributed by atoms with van der Waals surface area (Å²) < 4.78 is 29.9. The highest BCUT2D eigenvalue weighted by atomic mass is 32.1. The third kappa shape index (κ3) is 16.1. The van der Waals surface area contributed by atoms with Crippen molar-refractivity contribution in [2.45, 2.75) is 167 Å². The molecule has 0 bridgehead atoms. The van der Waals surface area contributed by atoms with Gasteiger partial charge >= 0.3 is 12.1 Å². The summed E-state index contributed by atoms with van der Waals surface area (Å²) in [6.45, 7) is 12.0. The number of thiophene rings is 1. The van der Waals surface area contributed by atoms with Crippen molar-refractivity contribution in [2.75, 3.05) is 41.5 Å². The summed E-state index contributed by atoms with van der Waals surface area (Å²) in [6.07, 6.45) is -8.45. The maximum Gasteiger partial charge on any atom is 0.410 e. The van der Waals surface area contributed by atoms with Crippen LogP contribution in [0, 0.1) is 23.7 Å². The van der Waals surface area contributed by atoms with Gasteiger partial charge in [0.15, 0.2) is 0 Å². The number of carboxylic acids is 1. The molecular formula is C56H82N8O16S. The number of likely N-dealkylation sites (N-methyl/N-ethyl adjacent to an activating group) is 2. The van der Waals surface area contributed by atoms with Gasteiger partial charge < -0.3 is 69.7 Å². The lowest BCUT2D eigenvalue weighted by Crippen LogP contribution is -2.60. The van der Waals surface area contributed by atoms with Crippen molar-refractivity contribution in [3.63, 3.8) is 0 Å². The van der Waals surface area contributed by atoms with E-state index >= 15 is 0 Å². The number of benzene rings is 2. The Morgan fingerprint density at radius 2 is 1.60 bits per heavy atom. The lowest BCUT2D eigenvalue weighted by atomic mass is 9.89. The van der Waals surface area contributed by atoms with Crippen LogP contribution in [0.2, 0.25) is 0 Å². The molecule has 1 aromatic heterocycles. The monoisotopic (exact) mass is 1150 g/mol. The number of carboxylic acid groups (broad SMARTS) is 1. The smallest absolute Gasteiger partial charge is 0.410 e. The lowest BCUT2D eigenvalue weighted by Gasteiger charge is -2.41. The van der Waals surface area contributed by atoms with Gasteiger partial charge in [-0.3, -0.25) is 24.1 Å². The number of aliphatic hydroxyl groups excluding tert-OH is 4. The van der Waals surface area contributed by atoms with Gasteiger partial charge in [0.1, 0.15) is 54.9 Å². The molecule has 0 spiro atoms. The normalized spacial score (nSPS) is 22.1. The van der Waals surface area contributed by atoms with Gasteiger partial charge in [0, 0.05) is 66.7 Å². The van der Waals surface area contributed by atoms with Crippen molar-refractivity contribution in [1.82, 2.24) is 25.3 Å². The number of nitrogens with zero attached hydrogens (tertiary/aromatic N) is 6. The van der Waals surface area contributed by atoms with Crippen molar-refractivity contribution in [3.8, 4) is 5.75 Å². The molecule has 0 saturated carbocycles. The van der Waals surface area contributed by atoms with E-state index in [1.807, 2.05) is 19.9 Å². The molecule has 5 amide bonds. The number of carbonyl (C=O) groups excluding carboxylic acids is 5. The number of likely N-dealkylation sites (tertiary alicyclic amines) is 1. The summed E-state index contributed by atoms with van der Waals surface area (Å²) >= 11 is 1.22. The first-order valence-electron chi connectivity index (χ1n) is 27.4. The molecule has 14 atom stereocenters. The van der Waals surface area contributed by atoms with Crippen molar-refractivity contribution in [2.24, 2.45) is 28.8 Å². The Kier molecular flexibility index (Phi) is 24.5. The van der Waals surface area contributed by atoms with Crippen LogP contribution in [0.15, 0.2) is 53.6 Å².